The van der Waals surface area contributed by atoms with Gasteiger partial charge in [0.05, 0.1) is 0 Å². The van der Waals surface area contributed by atoms with Gasteiger partial charge < -0.3 is 9.88 Å². The van der Waals surface area contributed by atoms with Gasteiger partial charge in [-0.25, -0.2) is 0 Å². The fraction of sp³-hybridized carbons (Fsp3) is 0.750. The highest BCUT2D eigenvalue weighted by Gasteiger charge is 2.09. The Kier molecular flexibility index (Phi) is 7.11. The van der Waals surface area contributed by atoms with Gasteiger partial charge in [0.25, 0.3) is 0 Å². The van der Waals surface area contributed by atoms with Crippen LogP contribution in [-0.4, -0.2) is 11.1 Å². The predicted octanol–water partition coefficient (Wildman–Crippen LogP) is 4.38. The van der Waals surface area contributed by atoms with E-state index in [0.717, 1.165) is 12.5 Å². The van der Waals surface area contributed by atoms with Gasteiger partial charge in [-0.15, -0.1) is 0 Å². The molecule has 0 amide bonds. The zero-order valence-electron chi connectivity index (χ0n) is 12.6. The maximum atomic E-state index is 3.46. The minimum Gasteiger partial charge on any atom is -0.354 e. The van der Waals surface area contributed by atoms with Crippen LogP contribution in [0.1, 0.15) is 65.0 Å². The monoisotopic (exact) mass is 250 g/mol. The summed E-state index contributed by atoms with van der Waals surface area (Å²) < 4.78 is 2.37. The van der Waals surface area contributed by atoms with Crippen molar-refractivity contribution in [2.45, 2.75) is 66.0 Å². The van der Waals surface area contributed by atoms with Crippen molar-refractivity contribution in [3.05, 3.63) is 24.0 Å². The molecule has 0 spiro atoms. The molecule has 0 aliphatic rings. The molecule has 104 valence electrons. The predicted molar refractivity (Wildman–Crippen MR) is 79.8 cm³/mol. The Hall–Kier alpha value is -0.760. The third-order valence-electron chi connectivity index (χ3n) is 3.80. The molecule has 1 N–H and O–H groups in total. The van der Waals surface area contributed by atoms with Crippen molar-refractivity contribution in [3.63, 3.8) is 0 Å². The highest BCUT2D eigenvalue weighted by Crippen LogP contribution is 2.18. The molecule has 2 atom stereocenters. The normalized spacial score (nSPS) is 14.7. The molecule has 0 aliphatic heterocycles. The Balaban J connectivity index is 2.51. The highest BCUT2D eigenvalue weighted by atomic mass is 15.0. The fourth-order valence-electron chi connectivity index (χ4n) is 2.47. The molecule has 0 aromatic carbocycles. The van der Waals surface area contributed by atoms with E-state index in [9.17, 15) is 0 Å². The summed E-state index contributed by atoms with van der Waals surface area (Å²) in [5.41, 5.74) is 1.40. The van der Waals surface area contributed by atoms with Crippen LogP contribution in [-0.2, 0) is 6.54 Å². The summed E-state index contributed by atoms with van der Waals surface area (Å²) in [6.45, 7) is 11.2. The van der Waals surface area contributed by atoms with Crippen molar-refractivity contribution in [3.8, 4) is 0 Å². The number of unbranched alkanes of at least 4 members (excludes halogenated alkanes) is 1. The van der Waals surface area contributed by atoms with Crippen molar-refractivity contribution in [2.75, 3.05) is 6.54 Å². The van der Waals surface area contributed by atoms with Gasteiger partial charge >= 0.3 is 0 Å². The van der Waals surface area contributed by atoms with Crippen LogP contribution in [0.15, 0.2) is 18.5 Å². The fourth-order valence-corrected chi connectivity index (χ4v) is 2.47. The Morgan fingerprint density at radius 3 is 2.67 bits per heavy atom. The molecule has 0 radical (unpaired) electrons. The number of aromatic nitrogens is 1. The molecular weight excluding hydrogens is 220 g/mol. The molecule has 1 aromatic heterocycles. The van der Waals surface area contributed by atoms with Gasteiger partial charge in [0.2, 0.25) is 0 Å². The van der Waals surface area contributed by atoms with E-state index in [1.54, 1.807) is 0 Å². The molecule has 2 heteroatoms. The van der Waals surface area contributed by atoms with Gasteiger partial charge in [-0.1, -0.05) is 40.0 Å². The summed E-state index contributed by atoms with van der Waals surface area (Å²) >= 11 is 0. The molecule has 0 saturated carbocycles. The second-order valence-electron chi connectivity index (χ2n) is 5.34. The van der Waals surface area contributed by atoms with Gasteiger partial charge in [-0.05, 0) is 37.4 Å². The summed E-state index contributed by atoms with van der Waals surface area (Å²) in [4.78, 5) is 0. The number of rotatable bonds is 9. The van der Waals surface area contributed by atoms with Gasteiger partial charge in [0.1, 0.15) is 0 Å². The van der Waals surface area contributed by atoms with Crippen molar-refractivity contribution in [2.24, 2.45) is 5.92 Å². The lowest BCUT2D eigenvalue weighted by Gasteiger charge is -2.15. The van der Waals surface area contributed by atoms with E-state index in [-0.39, 0.29) is 0 Å². The lowest BCUT2D eigenvalue weighted by molar-refractivity contribution is 0.391. The molecule has 0 bridgehead atoms. The lowest BCUT2D eigenvalue weighted by Crippen LogP contribution is -2.17. The zero-order chi connectivity index (χ0) is 13.4. The van der Waals surface area contributed by atoms with E-state index in [0.29, 0.717) is 6.04 Å². The zero-order valence-corrected chi connectivity index (χ0v) is 12.6. The van der Waals surface area contributed by atoms with Crippen LogP contribution in [0.4, 0.5) is 0 Å². The Morgan fingerprint density at radius 2 is 2.06 bits per heavy atom. The number of hydrogen-bond donors (Lipinski definition) is 1. The van der Waals surface area contributed by atoms with Crippen LogP contribution in [0.25, 0.3) is 0 Å². The summed E-state index contributed by atoms with van der Waals surface area (Å²) in [7, 11) is 0. The van der Waals surface area contributed by atoms with Gasteiger partial charge in [0, 0.05) is 25.0 Å². The molecule has 2 unspecified atom stereocenters. The summed E-state index contributed by atoms with van der Waals surface area (Å²) in [5.74, 6) is 0.833. The smallest absolute Gasteiger partial charge is 0.0306 e. The molecule has 1 rings (SSSR count). The Labute approximate surface area is 113 Å². The van der Waals surface area contributed by atoms with Crippen LogP contribution in [0.3, 0.4) is 0 Å². The molecule has 0 fully saturated rings. The van der Waals surface area contributed by atoms with E-state index in [1.165, 1.54) is 37.8 Å². The second-order valence-corrected chi connectivity index (χ2v) is 5.34. The van der Waals surface area contributed by atoms with Crippen molar-refractivity contribution >= 4 is 0 Å². The van der Waals surface area contributed by atoms with E-state index in [2.05, 4.69) is 56.0 Å². The first-order valence-electron chi connectivity index (χ1n) is 7.60. The lowest BCUT2D eigenvalue weighted by atomic mass is 9.99. The molecule has 2 nitrogen and oxygen atoms in total. The SMILES string of the molecule is CCCCC(CC)Cn1ccc(C(C)NCC)c1. The molecular formula is C16H30N2. The van der Waals surface area contributed by atoms with E-state index in [4.69, 9.17) is 0 Å². The van der Waals surface area contributed by atoms with Crippen LogP contribution >= 0.6 is 0 Å². The van der Waals surface area contributed by atoms with Crippen molar-refractivity contribution < 1.29 is 0 Å². The first kappa shape index (κ1) is 15.3. The topological polar surface area (TPSA) is 17.0 Å². The first-order chi connectivity index (χ1) is 8.71. The number of nitrogens with zero attached hydrogens (tertiary/aromatic N) is 1. The first-order valence-corrected chi connectivity index (χ1v) is 7.60. The minimum absolute atomic E-state index is 0.465. The highest BCUT2D eigenvalue weighted by molar-refractivity contribution is 5.14. The average molecular weight is 250 g/mol. The third kappa shape index (κ3) is 4.85. The Bertz CT molecular complexity index is 317. The molecule has 1 aromatic rings. The largest absolute Gasteiger partial charge is 0.354 e. The number of hydrogen-bond acceptors (Lipinski definition) is 1. The molecule has 18 heavy (non-hydrogen) atoms. The van der Waals surface area contributed by atoms with Crippen LogP contribution in [0.5, 0.6) is 0 Å². The molecule has 1 heterocycles. The second kappa shape index (κ2) is 8.36. The minimum atomic E-state index is 0.465. The van der Waals surface area contributed by atoms with Gasteiger partial charge in [-0.3, -0.25) is 0 Å². The summed E-state index contributed by atoms with van der Waals surface area (Å²) in [5, 5.41) is 3.46. The van der Waals surface area contributed by atoms with Crippen LogP contribution in [0.2, 0.25) is 0 Å². The number of nitrogens with one attached hydrogen (secondary N) is 1. The van der Waals surface area contributed by atoms with Crippen LogP contribution in [0, 0.1) is 5.92 Å². The van der Waals surface area contributed by atoms with E-state index < -0.39 is 0 Å². The molecule has 0 aliphatic carbocycles. The Morgan fingerprint density at radius 1 is 1.28 bits per heavy atom. The van der Waals surface area contributed by atoms with Crippen molar-refractivity contribution in [1.29, 1.82) is 0 Å². The average Bonchev–Trinajstić information content (AvgIpc) is 2.83. The quantitative estimate of drug-likeness (QED) is 0.688. The van der Waals surface area contributed by atoms with E-state index >= 15 is 0 Å². The maximum Gasteiger partial charge on any atom is 0.0306 e. The molecule has 0 saturated heterocycles. The summed E-state index contributed by atoms with van der Waals surface area (Å²) in [6.07, 6.45) is 9.87. The van der Waals surface area contributed by atoms with Gasteiger partial charge in [-0.2, -0.15) is 0 Å². The standard InChI is InChI=1S/C16H30N2/c1-5-8-9-15(6-2)12-18-11-10-16(13-18)14(4)17-7-3/h10-11,13-15,17H,5-9,12H2,1-4H3. The summed E-state index contributed by atoms with van der Waals surface area (Å²) in [6, 6.07) is 2.71. The van der Waals surface area contributed by atoms with Crippen molar-refractivity contribution in [1.82, 2.24) is 9.88 Å². The van der Waals surface area contributed by atoms with Crippen LogP contribution < -0.4 is 5.32 Å². The van der Waals surface area contributed by atoms with Gasteiger partial charge in [0.15, 0.2) is 0 Å². The third-order valence-corrected chi connectivity index (χ3v) is 3.80. The maximum absolute atomic E-state index is 3.46. The van der Waals surface area contributed by atoms with E-state index in [1.807, 2.05) is 0 Å².